The molecule has 0 spiro atoms. The number of hydrogen-bond donors (Lipinski definition) is 1. The van der Waals surface area contributed by atoms with Gasteiger partial charge in [0.05, 0.1) is 11.3 Å². The van der Waals surface area contributed by atoms with Gasteiger partial charge in [0.1, 0.15) is 0 Å². The first-order valence-electron chi connectivity index (χ1n) is 6.41. The number of alkyl halides is 3. The molecule has 0 radical (unpaired) electrons. The highest BCUT2D eigenvalue weighted by atomic mass is 19.4. The van der Waals surface area contributed by atoms with Crippen molar-refractivity contribution < 1.29 is 13.2 Å². The molecule has 3 nitrogen and oxygen atoms in total. The lowest BCUT2D eigenvalue weighted by Crippen LogP contribution is -2.07. The third-order valence-electron chi connectivity index (χ3n) is 3.03. The molecule has 0 unspecified atom stereocenters. The Hall–Kier alpha value is -2.24. The average molecular weight is 295 g/mol. The number of benzene rings is 1. The molecule has 0 amide bonds. The lowest BCUT2D eigenvalue weighted by Gasteiger charge is -2.13. The highest BCUT2D eigenvalue weighted by Gasteiger charge is 2.30. The summed E-state index contributed by atoms with van der Waals surface area (Å²) in [7, 11) is 0. The summed E-state index contributed by atoms with van der Waals surface area (Å²) >= 11 is 0. The highest BCUT2D eigenvalue weighted by molar-refractivity contribution is 5.60. The molecule has 1 aromatic heterocycles. The maximum atomic E-state index is 12.8. The van der Waals surface area contributed by atoms with Gasteiger partial charge in [-0.15, -0.1) is 6.58 Å². The van der Waals surface area contributed by atoms with Crippen molar-refractivity contribution in [3.63, 3.8) is 0 Å². The standard InChI is InChI=1S/C15H16F3N3/c1-4-7-21-9-11(3)19-14(21)20-13-8-12(15(16,17)18)6-5-10(13)2/h4-6,8-9H,1,7H2,2-3H3,(H,19,20). The highest BCUT2D eigenvalue weighted by Crippen LogP contribution is 2.32. The molecule has 0 aliphatic heterocycles. The predicted molar refractivity (Wildman–Crippen MR) is 76.6 cm³/mol. The minimum Gasteiger partial charge on any atom is -0.325 e. The van der Waals surface area contributed by atoms with E-state index in [4.69, 9.17) is 0 Å². The largest absolute Gasteiger partial charge is 0.416 e. The van der Waals surface area contributed by atoms with Crippen molar-refractivity contribution in [2.75, 3.05) is 5.32 Å². The van der Waals surface area contributed by atoms with Crippen LogP contribution in [0, 0.1) is 13.8 Å². The van der Waals surface area contributed by atoms with Crippen molar-refractivity contribution in [3.05, 3.63) is 53.9 Å². The SMILES string of the molecule is C=CCn1cc(C)nc1Nc1cc(C(F)(F)F)ccc1C. The van der Waals surface area contributed by atoms with Crippen LogP contribution in [0.4, 0.5) is 24.8 Å². The molecule has 112 valence electrons. The number of allylic oxidation sites excluding steroid dienone is 1. The molecule has 21 heavy (non-hydrogen) atoms. The molecule has 6 heteroatoms. The van der Waals surface area contributed by atoms with Gasteiger partial charge in [0.15, 0.2) is 0 Å². The molecular formula is C15H16F3N3. The lowest BCUT2D eigenvalue weighted by molar-refractivity contribution is -0.137. The van der Waals surface area contributed by atoms with Crippen LogP contribution in [0.5, 0.6) is 0 Å². The fraction of sp³-hybridized carbons (Fsp3) is 0.267. The first kappa shape index (κ1) is 15.2. The number of rotatable bonds is 4. The number of hydrogen-bond acceptors (Lipinski definition) is 2. The van der Waals surface area contributed by atoms with E-state index in [2.05, 4.69) is 16.9 Å². The summed E-state index contributed by atoms with van der Waals surface area (Å²) in [6.45, 7) is 7.75. The molecule has 1 N–H and O–H groups in total. The fourth-order valence-corrected chi connectivity index (χ4v) is 1.98. The number of imidazole rings is 1. The maximum Gasteiger partial charge on any atom is 0.416 e. The van der Waals surface area contributed by atoms with E-state index in [1.54, 1.807) is 17.6 Å². The Morgan fingerprint density at radius 2 is 2.05 bits per heavy atom. The predicted octanol–water partition coefficient (Wildman–Crippen LogP) is 4.45. The van der Waals surface area contributed by atoms with Crippen molar-refractivity contribution >= 4 is 11.6 Å². The lowest BCUT2D eigenvalue weighted by atomic mass is 10.1. The number of nitrogens with zero attached hydrogens (tertiary/aromatic N) is 2. The third kappa shape index (κ3) is 3.45. The second-order valence-corrected chi connectivity index (χ2v) is 4.80. The summed E-state index contributed by atoms with van der Waals surface area (Å²) in [5, 5.41) is 2.96. The molecule has 0 atom stereocenters. The number of aryl methyl sites for hydroxylation is 2. The minimum atomic E-state index is -4.36. The molecular weight excluding hydrogens is 279 g/mol. The van der Waals surface area contributed by atoms with Gasteiger partial charge in [0.2, 0.25) is 5.95 Å². The quantitative estimate of drug-likeness (QED) is 0.845. The van der Waals surface area contributed by atoms with Crippen LogP contribution >= 0.6 is 0 Å². The number of nitrogens with one attached hydrogen (secondary N) is 1. The molecule has 0 aliphatic rings. The van der Waals surface area contributed by atoms with Gasteiger partial charge in [0.25, 0.3) is 0 Å². The first-order valence-corrected chi connectivity index (χ1v) is 6.41. The monoisotopic (exact) mass is 295 g/mol. The molecule has 0 saturated carbocycles. The van der Waals surface area contributed by atoms with Crippen LogP contribution in [-0.2, 0) is 12.7 Å². The van der Waals surface area contributed by atoms with Gasteiger partial charge in [-0.25, -0.2) is 4.98 Å². The second-order valence-electron chi connectivity index (χ2n) is 4.80. The maximum absolute atomic E-state index is 12.8. The van der Waals surface area contributed by atoms with Gasteiger partial charge in [0, 0.05) is 18.4 Å². The van der Waals surface area contributed by atoms with E-state index in [-0.39, 0.29) is 0 Å². The van der Waals surface area contributed by atoms with E-state index in [0.717, 1.165) is 17.8 Å². The molecule has 0 bridgehead atoms. The Kier molecular flexibility index (Phi) is 4.06. The molecule has 1 aromatic carbocycles. The molecule has 2 aromatic rings. The number of aromatic nitrogens is 2. The summed E-state index contributed by atoms with van der Waals surface area (Å²) in [4.78, 5) is 4.28. The van der Waals surface area contributed by atoms with Crippen LogP contribution in [-0.4, -0.2) is 9.55 Å². The smallest absolute Gasteiger partial charge is 0.325 e. The van der Waals surface area contributed by atoms with Crippen molar-refractivity contribution in [1.29, 1.82) is 0 Å². The average Bonchev–Trinajstić information content (AvgIpc) is 2.71. The molecule has 2 rings (SSSR count). The van der Waals surface area contributed by atoms with Crippen LogP contribution in [0.1, 0.15) is 16.8 Å². The molecule has 0 saturated heterocycles. The van der Waals surface area contributed by atoms with Crippen LogP contribution in [0.15, 0.2) is 37.1 Å². The number of halogens is 3. The van der Waals surface area contributed by atoms with Crippen molar-refractivity contribution in [1.82, 2.24) is 9.55 Å². The van der Waals surface area contributed by atoms with Gasteiger partial charge >= 0.3 is 6.18 Å². The molecule has 0 fully saturated rings. The van der Waals surface area contributed by atoms with Gasteiger partial charge < -0.3 is 9.88 Å². The van der Waals surface area contributed by atoms with E-state index < -0.39 is 11.7 Å². The van der Waals surface area contributed by atoms with Crippen LogP contribution in [0.3, 0.4) is 0 Å². The van der Waals surface area contributed by atoms with E-state index in [1.807, 2.05) is 13.1 Å². The molecule has 1 heterocycles. The Morgan fingerprint density at radius 1 is 1.33 bits per heavy atom. The Labute approximate surface area is 121 Å². The van der Waals surface area contributed by atoms with Gasteiger partial charge in [-0.2, -0.15) is 13.2 Å². The summed E-state index contributed by atoms with van der Waals surface area (Å²) < 4.78 is 40.1. The van der Waals surface area contributed by atoms with Crippen LogP contribution in [0.2, 0.25) is 0 Å². The van der Waals surface area contributed by atoms with E-state index >= 15 is 0 Å². The van der Waals surface area contributed by atoms with Gasteiger partial charge in [-0.3, -0.25) is 0 Å². The Balaban J connectivity index is 2.37. The van der Waals surface area contributed by atoms with Crippen LogP contribution < -0.4 is 5.32 Å². The van der Waals surface area contributed by atoms with Crippen LogP contribution in [0.25, 0.3) is 0 Å². The zero-order chi connectivity index (χ0) is 15.6. The van der Waals surface area contributed by atoms with Gasteiger partial charge in [-0.05, 0) is 31.5 Å². The zero-order valence-corrected chi connectivity index (χ0v) is 11.8. The van der Waals surface area contributed by atoms with E-state index in [1.165, 1.54) is 6.07 Å². The minimum absolute atomic E-state index is 0.390. The summed E-state index contributed by atoms with van der Waals surface area (Å²) in [5.41, 5.74) is 1.20. The summed E-state index contributed by atoms with van der Waals surface area (Å²) in [5.74, 6) is 0.495. The van der Waals surface area contributed by atoms with Crippen molar-refractivity contribution in [2.45, 2.75) is 26.6 Å². The van der Waals surface area contributed by atoms with E-state index in [9.17, 15) is 13.2 Å². The second kappa shape index (κ2) is 5.63. The van der Waals surface area contributed by atoms with Gasteiger partial charge in [-0.1, -0.05) is 12.1 Å². The normalized spacial score (nSPS) is 11.5. The Bertz CT molecular complexity index is 657. The fourth-order valence-electron chi connectivity index (χ4n) is 1.98. The summed E-state index contributed by atoms with van der Waals surface area (Å²) in [6.07, 6.45) is -0.852. The van der Waals surface area contributed by atoms with Crippen molar-refractivity contribution in [2.24, 2.45) is 0 Å². The summed E-state index contributed by atoms with van der Waals surface area (Å²) in [6, 6.07) is 3.61. The first-order chi connectivity index (χ1) is 9.81. The zero-order valence-electron chi connectivity index (χ0n) is 11.8. The topological polar surface area (TPSA) is 29.9 Å². The molecule has 0 aliphatic carbocycles. The van der Waals surface area contributed by atoms with Crippen molar-refractivity contribution in [3.8, 4) is 0 Å². The third-order valence-corrected chi connectivity index (χ3v) is 3.03. The number of anilines is 2. The Morgan fingerprint density at radius 3 is 2.67 bits per heavy atom. The van der Waals surface area contributed by atoms with E-state index in [0.29, 0.717) is 23.7 Å².